The zero-order chi connectivity index (χ0) is 14.8. The number of nitrogens with one attached hydrogen (secondary N) is 1. The molecule has 0 unspecified atom stereocenters. The molecule has 0 aliphatic carbocycles. The van der Waals surface area contributed by atoms with E-state index in [4.69, 9.17) is 18.6 Å². The molecule has 0 rings (SSSR count). The molecule has 4 heteroatoms. The van der Waals surface area contributed by atoms with Gasteiger partial charge >= 0.3 is 0 Å². The second-order valence-corrected chi connectivity index (χ2v) is 5.21. The van der Waals surface area contributed by atoms with Crippen LogP contribution >= 0.6 is 24.0 Å². The van der Waals surface area contributed by atoms with Crippen LogP contribution in [-0.4, -0.2) is 29.9 Å². The number of thiocarbonyl (C=S) groups is 1. The molecule has 0 aromatic carbocycles. The van der Waals surface area contributed by atoms with Crippen molar-refractivity contribution in [3.8, 4) is 12.3 Å². The monoisotopic (exact) mass is 294 g/mol. The van der Waals surface area contributed by atoms with E-state index in [1.807, 2.05) is 51.1 Å². The summed E-state index contributed by atoms with van der Waals surface area (Å²) >= 11 is 6.83. The summed E-state index contributed by atoms with van der Waals surface area (Å²) < 4.78 is 0. The van der Waals surface area contributed by atoms with Crippen molar-refractivity contribution in [2.45, 2.75) is 20.8 Å². The molecule has 1 N–H and O–H groups in total. The standard InChI is InChI=1S/C15H22N2S2/c1-7-14(19-6)10-9-12(3)11-13(4)17(5)15(18)16-8-2/h1,9-11H,8H2,2-6H3,(H,16,18)/b12-9+,13-11+,14-10+. The van der Waals surface area contributed by atoms with Gasteiger partial charge in [-0.1, -0.05) is 12.0 Å². The molecule has 0 aliphatic rings. The first-order chi connectivity index (χ1) is 8.96. The van der Waals surface area contributed by atoms with Gasteiger partial charge in [-0.2, -0.15) is 0 Å². The van der Waals surface area contributed by atoms with Crippen LogP contribution in [0.1, 0.15) is 20.8 Å². The van der Waals surface area contributed by atoms with E-state index in [-0.39, 0.29) is 0 Å². The van der Waals surface area contributed by atoms with Crippen molar-refractivity contribution < 1.29 is 0 Å². The van der Waals surface area contributed by atoms with Crippen molar-refractivity contribution in [2.24, 2.45) is 0 Å². The fraction of sp³-hybridized carbons (Fsp3) is 0.400. The largest absolute Gasteiger partial charge is 0.363 e. The van der Waals surface area contributed by atoms with Crippen LogP contribution in [0.5, 0.6) is 0 Å². The molecule has 0 heterocycles. The van der Waals surface area contributed by atoms with Gasteiger partial charge in [0, 0.05) is 19.3 Å². The molecule has 0 radical (unpaired) electrons. The summed E-state index contributed by atoms with van der Waals surface area (Å²) in [5, 5.41) is 3.85. The van der Waals surface area contributed by atoms with Crippen molar-refractivity contribution >= 4 is 29.1 Å². The van der Waals surface area contributed by atoms with Crippen molar-refractivity contribution in [1.82, 2.24) is 10.2 Å². The smallest absolute Gasteiger partial charge is 0.172 e. The fourth-order valence-electron chi connectivity index (χ4n) is 1.29. The highest BCUT2D eigenvalue weighted by atomic mass is 32.2. The summed E-state index contributed by atoms with van der Waals surface area (Å²) in [5.41, 5.74) is 2.21. The van der Waals surface area contributed by atoms with Gasteiger partial charge in [0.2, 0.25) is 0 Å². The number of nitrogens with zero attached hydrogens (tertiary/aromatic N) is 1. The predicted molar refractivity (Wildman–Crippen MR) is 92.0 cm³/mol. The van der Waals surface area contributed by atoms with E-state index in [9.17, 15) is 0 Å². The molecular formula is C15H22N2S2. The third kappa shape index (κ3) is 7.09. The molecule has 0 atom stereocenters. The van der Waals surface area contributed by atoms with Crippen molar-refractivity contribution in [3.05, 3.63) is 34.4 Å². The molecule has 0 spiro atoms. The summed E-state index contributed by atoms with van der Waals surface area (Å²) in [4.78, 5) is 2.87. The van der Waals surface area contributed by atoms with Gasteiger partial charge in [0.15, 0.2) is 5.11 Å². The summed E-state index contributed by atoms with van der Waals surface area (Å²) in [5.74, 6) is 2.64. The van der Waals surface area contributed by atoms with Gasteiger partial charge in [-0.3, -0.25) is 0 Å². The van der Waals surface area contributed by atoms with Crippen LogP contribution in [0, 0.1) is 12.3 Å². The van der Waals surface area contributed by atoms with Gasteiger partial charge in [-0.05, 0) is 57.0 Å². The molecular weight excluding hydrogens is 272 g/mol. The van der Waals surface area contributed by atoms with E-state index in [0.29, 0.717) is 0 Å². The van der Waals surface area contributed by atoms with Crippen molar-refractivity contribution in [2.75, 3.05) is 19.8 Å². The topological polar surface area (TPSA) is 15.3 Å². The number of hydrogen-bond acceptors (Lipinski definition) is 2. The third-order valence-electron chi connectivity index (χ3n) is 2.46. The Kier molecular flexibility index (Phi) is 9.11. The molecule has 0 fully saturated rings. The van der Waals surface area contributed by atoms with Crippen LogP contribution < -0.4 is 5.32 Å². The minimum absolute atomic E-state index is 0.730. The molecule has 0 bridgehead atoms. The van der Waals surface area contributed by atoms with E-state index in [2.05, 4.69) is 17.3 Å². The Morgan fingerprint density at radius 3 is 2.53 bits per heavy atom. The number of hydrogen-bond donors (Lipinski definition) is 1. The minimum atomic E-state index is 0.730. The molecule has 0 amide bonds. The Morgan fingerprint density at radius 1 is 1.42 bits per heavy atom. The fourth-order valence-corrected chi connectivity index (χ4v) is 1.90. The molecule has 104 valence electrons. The quantitative estimate of drug-likeness (QED) is 0.474. The van der Waals surface area contributed by atoms with Gasteiger partial charge in [0.25, 0.3) is 0 Å². The van der Waals surface area contributed by atoms with E-state index in [1.54, 1.807) is 11.8 Å². The maximum Gasteiger partial charge on any atom is 0.172 e. The van der Waals surface area contributed by atoms with E-state index >= 15 is 0 Å². The van der Waals surface area contributed by atoms with Crippen molar-refractivity contribution in [1.29, 1.82) is 0 Å². The Hall–Kier alpha value is -1.18. The van der Waals surface area contributed by atoms with Crippen LogP contribution in [0.3, 0.4) is 0 Å². The number of allylic oxidation sites excluding steroid dienone is 6. The molecule has 19 heavy (non-hydrogen) atoms. The lowest BCUT2D eigenvalue weighted by Crippen LogP contribution is -2.35. The Balaban J connectivity index is 4.85. The summed E-state index contributed by atoms with van der Waals surface area (Å²) in [7, 11) is 1.95. The van der Waals surface area contributed by atoms with Crippen LogP contribution in [0.4, 0.5) is 0 Å². The highest BCUT2D eigenvalue weighted by Crippen LogP contribution is 2.11. The van der Waals surface area contributed by atoms with E-state index in [1.165, 1.54) is 0 Å². The lowest BCUT2D eigenvalue weighted by Gasteiger charge is -2.21. The van der Waals surface area contributed by atoms with Gasteiger partial charge < -0.3 is 10.2 Å². The van der Waals surface area contributed by atoms with Gasteiger partial charge in [0.05, 0.1) is 4.91 Å². The number of rotatable bonds is 5. The normalized spacial score (nSPS) is 12.9. The van der Waals surface area contributed by atoms with Crippen LogP contribution in [0.2, 0.25) is 0 Å². The summed E-state index contributed by atoms with van der Waals surface area (Å²) in [6, 6.07) is 0. The molecule has 0 aliphatic heterocycles. The number of terminal acetylenes is 1. The highest BCUT2D eigenvalue weighted by molar-refractivity contribution is 8.02. The first-order valence-electron chi connectivity index (χ1n) is 6.05. The molecule has 0 saturated heterocycles. The maximum absolute atomic E-state index is 5.37. The van der Waals surface area contributed by atoms with E-state index in [0.717, 1.165) is 27.8 Å². The number of thioether (sulfide) groups is 1. The molecule has 0 aromatic heterocycles. The van der Waals surface area contributed by atoms with Crippen LogP contribution in [0.15, 0.2) is 34.4 Å². The molecule has 2 nitrogen and oxygen atoms in total. The molecule has 0 aromatic rings. The van der Waals surface area contributed by atoms with Gasteiger partial charge in [-0.25, -0.2) is 0 Å². The average molecular weight is 294 g/mol. The first-order valence-corrected chi connectivity index (χ1v) is 7.68. The first kappa shape index (κ1) is 17.8. The molecule has 0 saturated carbocycles. The van der Waals surface area contributed by atoms with Gasteiger partial charge in [-0.15, -0.1) is 18.2 Å². The third-order valence-corrected chi connectivity index (χ3v) is 3.57. The zero-order valence-electron chi connectivity index (χ0n) is 12.3. The van der Waals surface area contributed by atoms with E-state index < -0.39 is 0 Å². The lowest BCUT2D eigenvalue weighted by molar-refractivity contribution is 0.608. The second kappa shape index (κ2) is 9.71. The highest BCUT2D eigenvalue weighted by Gasteiger charge is 2.03. The Labute approximate surface area is 127 Å². The Morgan fingerprint density at radius 2 is 2.05 bits per heavy atom. The maximum atomic E-state index is 5.37. The lowest BCUT2D eigenvalue weighted by atomic mass is 10.2. The SMILES string of the molecule is C#C\C(=C/C=C(C)/C=C(\C)N(C)C(=S)NCC)SC. The Bertz CT molecular complexity index is 440. The second-order valence-electron chi connectivity index (χ2n) is 3.97. The van der Waals surface area contributed by atoms with Crippen LogP contribution in [0.25, 0.3) is 0 Å². The summed E-state index contributed by atoms with van der Waals surface area (Å²) in [6.07, 6.45) is 13.4. The van der Waals surface area contributed by atoms with Crippen molar-refractivity contribution in [3.63, 3.8) is 0 Å². The summed E-state index contributed by atoms with van der Waals surface area (Å²) in [6.45, 7) is 6.92. The predicted octanol–water partition coefficient (Wildman–Crippen LogP) is 3.54. The van der Waals surface area contributed by atoms with Crippen LogP contribution in [-0.2, 0) is 0 Å². The minimum Gasteiger partial charge on any atom is -0.363 e. The van der Waals surface area contributed by atoms with Gasteiger partial charge in [0.1, 0.15) is 0 Å². The zero-order valence-corrected chi connectivity index (χ0v) is 13.9. The average Bonchev–Trinajstić information content (AvgIpc) is 2.39.